The fourth-order valence-electron chi connectivity index (χ4n) is 3.96. The molecule has 2 heterocycles. The Bertz CT molecular complexity index is 1140. The van der Waals surface area contributed by atoms with Gasteiger partial charge in [0.05, 0.1) is 15.9 Å². The second-order valence-corrected chi connectivity index (χ2v) is 9.49. The number of aryl methyl sites for hydroxylation is 1. The number of aromatic nitrogens is 2. The summed E-state index contributed by atoms with van der Waals surface area (Å²) in [5.41, 5.74) is 4.92. The highest BCUT2D eigenvalue weighted by Gasteiger charge is 2.11. The molecule has 4 aromatic rings. The van der Waals surface area contributed by atoms with Gasteiger partial charge in [0.25, 0.3) is 5.91 Å². The van der Waals surface area contributed by atoms with Crippen molar-refractivity contribution in [3.63, 3.8) is 0 Å². The number of thiophene rings is 1. The summed E-state index contributed by atoms with van der Waals surface area (Å²) in [7, 11) is 0. The quantitative estimate of drug-likeness (QED) is 0.287. The van der Waals surface area contributed by atoms with E-state index >= 15 is 0 Å². The van der Waals surface area contributed by atoms with E-state index in [0.717, 1.165) is 55.0 Å². The molecule has 0 atom stereocenters. The Hall–Kier alpha value is -2.92. The third-order valence-electron chi connectivity index (χ3n) is 5.83. The van der Waals surface area contributed by atoms with Crippen molar-refractivity contribution in [3.8, 4) is 0 Å². The van der Waals surface area contributed by atoms with E-state index in [9.17, 15) is 4.79 Å². The Labute approximate surface area is 194 Å². The topological polar surface area (TPSA) is 46.9 Å². The van der Waals surface area contributed by atoms with Crippen LogP contribution in [0.5, 0.6) is 0 Å². The van der Waals surface area contributed by atoms with Crippen molar-refractivity contribution in [1.29, 1.82) is 0 Å². The minimum atomic E-state index is 0.0327. The maximum absolute atomic E-state index is 12.0. The Balaban J connectivity index is 1.35. The monoisotopic (exact) mass is 445 g/mol. The molecule has 0 unspecified atom stereocenters. The number of carbonyl (C=O) groups is 1. The summed E-state index contributed by atoms with van der Waals surface area (Å²) < 4.78 is 2.36. The number of imidazole rings is 1. The normalized spacial score (nSPS) is 11.3. The number of hydrogen-bond donors (Lipinski definition) is 1. The number of rotatable bonds is 10. The number of nitrogens with zero attached hydrogens (tertiary/aromatic N) is 2. The fourth-order valence-corrected chi connectivity index (χ4v) is 4.60. The minimum Gasteiger partial charge on any atom is -0.351 e. The van der Waals surface area contributed by atoms with Gasteiger partial charge in [-0.05, 0) is 53.5 Å². The van der Waals surface area contributed by atoms with Gasteiger partial charge in [0, 0.05) is 19.5 Å². The molecule has 0 spiro atoms. The van der Waals surface area contributed by atoms with Gasteiger partial charge in [-0.15, -0.1) is 11.3 Å². The van der Waals surface area contributed by atoms with Crippen LogP contribution in [0.25, 0.3) is 11.0 Å². The minimum absolute atomic E-state index is 0.0327. The van der Waals surface area contributed by atoms with Crippen molar-refractivity contribution >= 4 is 28.3 Å². The summed E-state index contributed by atoms with van der Waals surface area (Å²) in [5, 5.41) is 4.94. The van der Waals surface area contributed by atoms with Crippen LogP contribution in [0.4, 0.5) is 0 Å². The van der Waals surface area contributed by atoms with Crippen LogP contribution < -0.4 is 5.32 Å². The third-order valence-corrected chi connectivity index (χ3v) is 6.70. The Morgan fingerprint density at radius 2 is 1.81 bits per heavy atom. The van der Waals surface area contributed by atoms with Gasteiger partial charge in [-0.2, -0.15) is 0 Å². The van der Waals surface area contributed by atoms with E-state index in [1.165, 1.54) is 28.0 Å². The zero-order valence-electron chi connectivity index (χ0n) is 18.9. The molecular weight excluding hydrogens is 414 g/mol. The predicted octanol–water partition coefficient (Wildman–Crippen LogP) is 6.41. The highest BCUT2D eigenvalue weighted by atomic mass is 32.1. The van der Waals surface area contributed by atoms with Crippen LogP contribution >= 0.6 is 11.3 Å². The maximum atomic E-state index is 12.0. The lowest BCUT2D eigenvalue weighted by Crippen LogP contribution is -2.23. The molecule has 1 N–H and O–H groups in total. The first-order valence-corrected chi connectivity index (χ1v) is 12.3. The first-order valence-electron chi connectivity index (χ1n) is 11.5. The van der Waals surface area contributed by atoms with Crippen LogP contribution in [0, 0.1) is 0 Å². The van der Waals surface area contributed by atoms with Gasteiger partial charge in [-0.1, -0.05) is 62.7 Å². The lowest BCUT2D eigenvalue weighted by Gasteiger charge is -2.11. The van der Waals surface area contributed by atoms with Gasteiger partial charge in [0.15, 0.2) is 0 Å². The maximum Gasteiger partial charge on any atom is 0.261 e. The van der Waals surface area contributed by atoms with Crippen molar-refractivity contribution in [1.82, 2.24) is 14.9 Å². The second kappa shape index (κ2) is 10.6. The molecule has 4 nitrogen and oxygen atoms in total. The van der Waals surface area contributed by atoms with Crippen molar-refractivity contribution in [2.75, 3.05) is 6.54 Å². The van der Waals surface area contributed by atoms with E-state index in [-0.39, 0.29) is 5.91 Å². The molecular formula is C27H31N3OS. The number of fused-ring (bicyclic) bond motifs is 1. The zero-order chi connectivity index (χ0) is 22.3. The van der Waals surface area contributed by atoms with Gasteiger partial charge < -0.3 is 9.88 Å². The van der Waals surface area contributed by atoms with Crippen LogP contribution in [0.2, 0.25) is 0 Å². The molecule has 0 aliphatic heterocycles. The first kappa shape index (κ1) is 22.3. The first-order chi connectivity index (χ1) is 15.6. The van der Waals surface area contributed by atoms with Crippen LogP contribution in [-0.2, 0) is 13.0 Å². The number of hydrogen-bond acceptors (Lipinski definition) is 3. The molecule has 2 aromatic carbocycles. The summed E-state index contributed by atoms with van der Waals surface area (Å²) in [5.74, 6) is 1.72. The molecule has 1 amide bonds. The fraction of sp³-hybridized carbons (Fsp3) is 0.333. The smallest absolute Gasteiger partial charge is 0.261 e. The Morgan fingerprint density at radius 1 is 1.00 bits per heavy atom. The third kappa shape index (κ3) is 5.46. The van der Waals surface area contributed by atoms with Gasteiger partial charge in [0.2, 0.25) is 0 Å². The van der Waals surface area contributed by atoms with Crippen molar-refractivity contribution in [2.45, 2.75) is 52.0 Å². The molecule has 0 saturated carbocycles. The number of unbranched alkanes of at least 4 members (excludes halogenated alkanes) is 2. The molecule has 0 fully saturated rings. The lowest BCUT2D eigenvalue weighted by atomic mass is 10.0. The van der Waals surface area contributed by atoms with Crippen LogP contribution in [0.3, 0.4) is 0 Å². The highest BCUT2D eigenvalue weighted by molar-refractivity contribution is 7.12. The molecule has 0 aliphatic carbocycles. The molecule has 32 heavy (non-hydrogen) atoms. The number of amides is 1. The summed E-state index contributed by atoms with van der Waals surface area (Å²) in [6.45, 7) is 6.01. The standard InChI is InChI=1S/C27H31N3OS/c1-20(2)22-15-13-21(14-16-22)19-30-24-10-6-5-9-23(24)29-26(30)12-4-3-7-17-28-27(31)25-11-8-18-32-25/h5-6,8-11,13-16,18,20H,3-4,7,12,17,19H2,1-2H3,(H,28,31). The highest BCUT2D eigenvalue weighted by Crippen LogP contribution is 2.21. The van der Waals surface area contributed by atoms with Crippen LogP contribution in [-0.4, -0.2) is 22.0 Å². The van der Waals surface area contributed by atoms with Crippen molar-refractivity contribution in [3.05, 3.63) is 87.9 Å². The van der Waals surface area contributed by atoms with Crippen molar-refractivity contribution in [2.24, 2.45) is 0 Å². The van der Waals surface area contributed by atoms with E-state index in [2.05, 4.69) is 72.3 Å². The summed E-state index contributed by atoms with van der Waals surface area (Å²) >= 11 is 1.48. The average molecular weight is 446 g/mol. The van der Waals surface area contributed by atoms with E-state index in [1.807, 2.05) is 17.5 Å². The number of carbonyl (C=O) groups excluding carboxylic acids is 1. The largest absolute Gasteiger partial charge is 0.351 e. The molecule has 2 aromatic heterocycles. The number of para-hydroxylation sites is 2. The van der Waals surface area contributed by atoms with E-state index < -0.39 is 0 Å². The molecule has 5 heteroatoms. The molecule has 0 radical (unpaired) electrons. The molecule has 0 aliphatic rings. The average Bonchev–Trinajstić information content (AvgIpc) is 3.45. The summed E-state index contributed by atoms with van der Waals surface area (Å²) in [4.78, 5) is 17.7. The van der Waals surface area contributed by atoms with Crippen LogP contribution in [0.15, 0.2) is 66.0 Å². The van der Waals surface area contributed by atoms with Gasteiger partial charge >= 0.3 is 0 Å². The number of benzene rings is 2. The Kier molecular flexibility index (Phi) is 7.38. The van der Waals surface area contributed by atoms with Gasteiger partial charge in [-0.3, -0.25) is 4.79 Å². The lowest BCUT2D eigenvalue weighted by molar-refractivity contribution is 0.0957. The summed E-state index contributed by atoms with van der Waals surface area (Å²) in [6.07, 6.45) is 4.05. The van der Waals surface area contributed by atoms with Gasteiger partial charge in [0.1, 0.15) is 5.82 Å². The molecule has 0 saturated heterocycles. The van der Waals surface area contributed by atoms with E-state index in [1.54, 1.807) is 0 Å². The molecule has 166 valence electrons. The van der Waals surface area contributed by atoms with Crippen molar-refractivity contribution < 1.29 is 4.79 Å². The van der Waals surface area contributed by atoms with E-state index in [4.69, 9.17) is 4.98 Å². The molecule has 0 bridgehead atoms. The van der Waals surface area contributed by atoms with Gasteiger partial charge in [-0.25, -0.2) is 4.98 Å². The van der Waals surface area contributed by atoms with Crippen LogP contribution in [0.1, 0.15) is 65.7 Å². The predicted molar refractivity (Wildman–Crippen MR) is 134 cm³/mol. The SMILES string of the molecule is CC(C)c1ccc(Cn2c(CCCCCNC(=O)c3cccs3)nc3ccccc32)cc1. The number of nitrogens with one attached hydrogen (secondary N) is 1. The summed E-state index contributed by atoms with van der Waals surface area (Å²) in [6, 6.07) is 21.1. The second-order valence-electron chi connectivity index (χ2n) is 8.54. The zero-order valence-corrected chi connectivity index (χ0v) is 19.7. The van der Waals surface area contributed by atoms with E-state index in [0.29, 0.717) is 5.92 Å². The molecule has 4 rings (SSSR count). The Morgan fingerprint density at radius 3 is 2.56 bits per heavy atom.